The molecular formula is C11H13F3N4. The molecule has 98 valence electrons. The molecule has 0 saturated carbocycles. The van der Waals surface area contributed by atoms with Gasteiger partial charge >= 0.3 is 6.18 Å². The first-order chi connectivity index (χ1) is 8.36. The zero-order valence-electron chi connectivity index (χ0n) is 9.92. The third-order valence-electron chi connectivity index (χ3n) is 2.66. The molecule has 0 unspecified atom stereocenters. The maximum absolute atomic E-state index is 13.0. The van der Waals surface area contributed by atoms with Crippen molar-refractivity contribution < 1.29 is 13.2 Å². The molecule has 0 bridgehead atoms. The first-order valence-electron chi connectivity index (χ1n) is 5.41. The zero-order valence-corrected chi connectivity index (χ0v) is 9.92. The van der Waals surface area contributed by atoms with Crippen molar-refractivity contribution in [3.05, 3.63) is 23.8 Å². The Morgan fingerprint density at radius 2 is 2.00 bits per heavy atom. The highest BCUT2D eigenvalue weighted by molar-refractivity contribution is 5.82. The summed E-state index contributed by atoms with van der Waals surface area (Å²) in [6.07, 6.45) is -4.42. The fourth-order valence-corrected chi connectivity index (χ4v) is 1.98. The lowest BCUT2D eigenvalue weighted by Crippen LogP contribution is -2.16. The predicted molar refractivity (Wildman–Crippen MR) is 62.9 cm³/mol. The van der Waals surface area contributed by atoms with E-state index in [1.807, 2.05) is 0 Å². The lowest BCUT2D eigenvalue weighted by molar-refractivity contribution is -0.136. The van der Waals surface area contributed by atoms with Gasteiger partial charge in [-0.05, 0) is 26.0 Å². The number of hydrazine groups is 1. The van der Waals surface area contributed by atoms with E-state index in [0.29, 0.717) is 0 Å². The summed E-state index contributed by atoms with van der Waals surface area (Å²) in [5.41, 5.74) is 1.94. The number of anilines is 1. The van der Waals surface area contributed by atoms with Crippen molar-refractivity contribution in [2.75, 3.05) is 5.43 Å². The molecule has 2 rings (SSSR count). The van der Waals surface area contributed by atoms with E-state index in [1.165, 1.54) is 16.7 Å². The monoisotopic (exact) mass is 258 g/mol. The lowest BCUT2D eigenvalue weighted by atomic mass is 10.1. The Bertz CT molecular complexity index is 571. The van der Waals surface area contributed by atoms with Crippen molar-refractivity contribution in [2.45, 2.75) is 26.1 Å². The minimum absolute atomic E-state index is 0.0490. The van der Waals surface area contributed by atoms with Crippen molar-refractivity contribution in [3.8, 4) is 0 Å². The van der Waals surface area contributed by atoms with Crippen molar-refractivity contribution in [3.63, 3.8) is 0 Å². The molecule has 0 aliphatic carbocycles. The molecule has 18 heavy (non-hydrogen) atoms. The number of alkyl halides is 3. The number of benzene rings is 1. The highest BCUT2D eigenvalue weighted by Gasteiger charge is 2.34. The minimum atomic E-state index is -4.42. The maximum atomic E-state index is 13.0. The summed E-state index contributed by atoms with van der Waals surface area (Å²) in [7, 11) is 0. The van der Waals surface area contributed by atoms with Crippen LogP contribution in [0.5, 0.6) is 0 Å². The van der Waals surface area contributed by atoms with E-state index in [2.05, 4.69) is 10.4 Å². The van der Waals surface area contributed by atoms with Gasteiger partial charge in [0.1, 0.15) is 0 Å². The molecule has 0 saturated heterocycles. The Hall–Kier alpha value is -1.76. The van der Waals surface area contributed by atoms with Gasteiger partial charge < -0.3 is 4.57 Å². The van der Waals surface area contributed by atoms with Gasteiger partial charge in [0.05, 0.1) is 16.6 Å². The van der Waals surface area contributed by atoms with Crippen LogP contribution in [0.25, 0.3) is 11.0 Å². The fraction of sp³-hybridized carbons (Fsp3) is 0.364. The number of fused-ring (bicyclic) bond motifs is 1. The third kappa shape index (κ3) is 1.90. The number of aromatic nitrogens is 2. The van der Waals surface area contributed by atoms with E-state index in [9.17, 15) is 13.2 Å². The van der Waals surface area contributed by atoms with E-state index in [1.54, 1.807) is 13.8 Å². The molecule has 0 aliphatic heterocycles. The Morgan fingerprint density at radius 3 is 2.50 bits per heavy atom. The lowest BCUT2D eigenvalue weighted by Gasteiger charge is -2.15. The normalized spacial score (nSPS) is 12.4. The number of imidazole rings is 1. The summed E-state index contributed by atoms with van der Waals surface area (Å²) < 4.78 is 40.4. The van der Waals surface area contributed by atoms with Gasteiger partial charge in [-0.2, -0.15) is 13.2 Å². The summed E-state index contributed by atoms with van der Waals surface area (Å²) >= 11 is 0. The average Bonchev–Trinajstić information content (AvgIpc) is 2.65. The minimum Gasteiger partial charge on any atom is -0.306 e. The molecule has 0 fully saturated rings. The summed E-state index contributed by atoms with van der Waals surface area (Å²) in [5, 5.41) is 0. The Labute approximate surface area is 102 Å². The molecule has 0 amide bonds. The van der Waals surface area contributed by atoms with Gasteiger partial charge in [0.2, 0.25) is 5.95 Å². The van der Waals surface area contributed by atoms with Crippen molar-refractivity contribution in [2.24, 2.45) is 5.84 Å². The van der Waals surface area contributed by atoms with Gasteiger partial charge in [-0.1, -0.05) is 6.07 Å². The van der Waals surface area contributed by atoms with Gasteiger partial charge in [-0.15, -0.1) is 0 Å². The van der Waals surface area contributed by atoms with Gasteiger partial charge in [0, 0.05) is 6.04 Å². The molecule has 2 aromatic rings. The number of hydrogen-bond donors (Lipinski definition) is 2. The van der Waals surface area contributed by atoms with Crippen LogP contribution in [0.3, 0.4) is 0 Å². The number of nitrogens with one attached hydrogen (secondary N) is 1. The topological polar surface area (TPSA) is 55.9 Å². The van der Waals surface area contributed by atoms with Crippen LogP contribution in [0.1, 0.15) is 25.5 Å². The molecular weight excluding hydrogens is 245 g/mol. The highest BCUT2D eigenvalue weighted by Crippen LogP contribution is 2.37. The summed E-state index contributed by atoms with van der Waals surface area (Å²) in [6, 6.07) is 3.72. The Kier molecular flexibility index (Phi) is 2.94. The van der Waals surface area contributed by atoms with Crippen LogP contribution >= 0.6 is 0 Å². The van der Waals surface area contributed by atoms with Crippen LogP contribution in [-0.4, -0.2) is 9.55 Å². The number of nitrogen functional groups attached to an aromatic ring is 1. The number of nitrogens with two attached hydrogens (primary N) is 1. The second kappa shape index (κ2) is 4.16. The standard InChI is InChI=1S/C11H13F3N4/c1-6(2)18-9-7(11(12,13)14)4-3-5-8(9)16-10(18)17-15/h3-6H,15H2,1-2H3,(H,16,17). The number of rotatable bonds is 2. The van der Waals surface area contributed by atoms with Crippen LogP contribution in [0.2, 0.25) is 0 Å². The number of nitrogens with zero attached hydrogens (tertiary/aromatic N) is 2. The molecule has 1 heterocycles. The smallest absolute Gasteiger partial charge is 0.306 e. The molecule has 3 N–H and O–H groups in total. The maximum Gasteiger partial charge on any atom is 0.418 e. The van der Waals surface area contributed by atoms with Gasteiger partial charge in [0.15, 0.2) is 0 Å². The van der Waals surface area contributed by atoms with Crippen molar-refractivity contribution in [1.29, 1.82) is 0 Å². The van der Waals surface area contributed by atoms with Gasteiger partial charge in [-0.3, -0.25) is 5.43 Å². The number of halogens is 3. The molecule has 0 radical (unpaired) electrons. The molecule has 4 nitrogen and oxygen atoms in total. The van der Waals surface area contributed by atoms with Crippen LogP contribution in [-0.2, 0) is 6.18 Å². The van der Waals surface area contributed by atoms with E-state index in [-0.39, 0.29) is 23.0 Å². The Balaban J connectivity index is 2.86. The number of para-hydroxylation sites is 1. The van der Waals surface area contributed by atoms with Gasteiger partial charge in [-0.25, -0.2) is 10.8 Å². The first-order valence-corrected chi connectivity index (χ1v) is 5.41. The molecule has 1 aromatic heterocycles. The van der Waals surface area contributed by atoms with Crippen LogP contribution in [0.4, 0.5) is 19.1 Å². The Morgan fingerprint density at radius 1 is 1.33 bits per heavy atom. The zero-order chi connectivity index (χ0) is 13.5. The average molecular weight is 258 g/mol. The van der Waals surface area contributed by atoms with E-state index >= 15 is 0 Å². The largest absolute Gasteiger partial charge is 0.418 e. The molecule has 0 atom stereocenters. The molecule has 0 spiro atoms. The van der Waals surface area contributed by atoms with E-state index < -0.39 is 11.7 Å². The van der Waals surface area contributed by atoms with Gasteiger partial charge in [0.25, 0.3) is 0 Å². The summed E-state index contributed by atoms with van der Waals surface area (Å²) in [6.45, 7) is 3.55. The van der Waals surface area contributed by atoms with Crippen molar-refractivity contribution >= 4 is 17.0 Å². The van der Waals surface area contributed by atoms with E-state index in [0.717, 1.165) is 6.07 Å². The molecule has 0 aliphatic rings. The number of hydrogen-bond acceptors (Lipinski definition) is 3. The van der Waals surface area contributed by atoms with Crippen molar-refractivity contribution in [1.82, 2.24) is 9.55 Å². The second-order valence-electron chi connectivity index (χ2n) is 4.21. The molecule has 7 heteroatoms. The quantitative estimate of drug-likeness (QED) is 0.643. The highest BCUT2D eigenvalue weighted by atomic mass is 19.4. The fourth-order valence-electron chi connectivity index (χ4n) is 1.98. The molecule has 1 aromatic carbocycles. The van der Waals surface area contributed by atoms with Crippen LogP contribution < -0.4 is 11.3 Å². The van der Waals surface area contributed by atoms with Crippen LogP contribution in [0, 0.1) is 0 Å². The van der Waals surface area contributed by atoms with E-state index in [4.69, 9.17) is 5.84 Å². The second-order valence-corrected chi connectivity index (χ2v) is 4.21. The SMILES string of the molecule is CC(C)n1c(NN)nc2cccc(C(F)(F)F)c21. The predicted octanol–water partition coefficient (Wildman–Crippen LogP) is 2.92. The summed E-state index contributed by atoms with van der Waals surface area (Å²) in [4.78, 5) is 4.05. The third-order valence-corrected chi connectivity index (χ3v) is 2.66. The first kappa shape index (κ1) is 12.7. The van der Waals surface area contributed by atoms with Crippen LogP contribution in [0.15, 0.2) is 18.2 Å². The summed E-state index contributed by atoms with van der Waals surface area (Å²) in [5.74, 6) is 5.52.